The summed E-state index contributed by atoms with van der Waals surface area (Å²) in [5, 5.41) is 14.8. The molecule has 8 nitrogen and oxygen atoms in total. The number of halogens is 4. The molecule has 2 aromatic carbocycles. The maximum absolute atomic E-state index is 13.2. The molecule has 2 atom stereocenters. The smallest absolute Gasteiger partial charge is 0.418 e. The normalized spacial score (nSPS) is 17.3. The Balaban J connectivity index is 1.93. The first kappa shape index (κ1) is 28.9. The van der Waals surface area contributed by atoms with Crippen LogP contribution in [-0.2, 0) is 25.3 Å². The van der Waals surface area contributed by atoms with Crippen molar-refractivity contribution in [3.8, 4) is 11.8 Å². The van der Waals surface area contributed by atoms with Crippen molar-refractivity contribution in [3.05, 3.63) is 69.2 Å². The van der Waals surface area contributed by atoms with E-state index in [4.69, 9.17) is 21.1 Å². The second-order valence-corrected chi connectivity index (χ2v) is 9.22. The van der Waals surface area contributed by atoms with E-state index in [9.17, 15) is 32.8 Å². The number of benzene rings is 2. The molecule has 2 amide bonds. The number of thioether (sulfide) groups is 1. The van der Waals surface area contributed by atoms with Gasteiger partial charge in [-0.15, -0.1) is 0 Å². The highest BCUT2D eigenvalue weighted by Gasteiger charge is 2.44. The standard InChI is InChI=1S/C25H21ClF3N3O5S/c1-3-37-18-9-8-13(10-16(18)26)20-14(11-30)23(32-22(34)21(20)24(35)36-2)38-12-19(33)31-17-7-5-4-6-15(17)25(27,28)29/h4-10,20-21H,3,12H2,1-2H3,(H,31,33)(H,32,34)/t20-,21+/m1/s1. The molecule has 1 aliphatic rings. The number of para-hydroxylation sites is 1. The van der Waals surface area contributed by atoms with Crippen LogP contribution in [0.25, 0.3) is 0 Å². The molecular formula is C25H21ClF3N3O5S. The Kier molecular flexibility index (Phi) is 9.30. The zero-order valence-corrected chi connectivity index (χ0v) is 21.6. The molecule has 1 aliphatic heterocycles. The molecule has 0 bridgehead atoms. The number of nitrogens with one attached hydrogen (secondary N) is 2. The van der Waals surface area contributed by atoms with Crippen molar-refractivity contribution < 1.29 is 37.0 Å². The Hall–Kier alpha value is -3.69. The maximum atomic E-state index is 13.2. The van der Waals surface area contributed by atoms with Crippen molar-refractivity contribution in [2.75, 3.05) is 24.8 Å². The molecule has 13 heteroatoms. The summed E-state index contributed by atoms with van der Waals surface area (Å²) in [5.74, 6) is -5.09. The fourth-order valence-electron chi connectivity index (χ4n) is 3.83. The predicted octanol–water partition coefficient (Wildman–Crippen LogP) is 4.87. The van der Waals surface area contributed by atoms with Crippen LogP contribution < -0.4 is 15.4 Å². The third-order valence-electron chi connectivity index (χ3n) is 5.45. The summed E-state index contributed by atoms with van der Waals surface area (Å²) < 4.78 is 49.9. The minimum atomic E-state index is -4.68. The molecular weight excluding hydrogens is 547 g/mol. The third kappa shape index (κ3) is 6.41. The van der Waals surface area contributed by atoms with Crippen molar-refractivity contribution >= 4 is 46.8 Å². The van der Waals surface area contributed by atoms with Crippen LogP contribution in [0.3, 0.4) is 0 Å². The van der Waals surface area contributed by atoms with Gasteiger partial charge in [0.1, 0.15) is 11.7 Å². The summed E-state index contributed by atoms with van der Waals surface area (Å²) in [4.78, 5) is 38.0. The van der Waals surface area contributed by atoms with Crippen molar-refractivity contribution in [1.29, 1.82) is 5.26 Å². The quantitative estimate of drug-likeness (QED) is 0.345. The number of nitriles is 1. The van der Waals surface area contributed by atoms with Gasteiger partial charge in [0, 0.05) is 5.92 Å². The highest BCUT2D eigenvalue weighted by molar-refractivity contribution is 8.03. The van der Waals surface area contributed by atoms with Crippen LogP contribution >= 0.6 is 23.4 Å². The second-order valence-electron chi connectivity index (χ2n) is 7.83. The number of methoxy groups -OCH3 is 1. The minimum absolute atomic E-state index is 0.0214. The zero-order chi connectivity index (χ0) is 28.0. The molecule has 200 valence electrons. The Morgan fingerprint density at radius 2 is 1.95 bits per heavy atom. The van der Waals surface area contributed by atoms with Gasteiger partial charge in [-0.2, -0.15) is 18.4 Å². The fourth-order valence-corrected chi connectivity index (χ4v) is 4.92. The Morgan fingerprint density at radius 3 is 2.55 bits per heavy atom. The number of alkyl halides is 3. The van der Waals surface area contributed by atoms with Crippen molar-refractivity contribution in [3.63, 3.8) is 0 Å². The van der Waals surface area contributed by atoms with Gasteiger partial charge >= 0.3 is 12.1 Å². The lowest BCUT2D eigenvalue weighted by Gasteiger charge is -2.31. The van der Waals surface area contributed by atoms with Crippen molar-refractivity contribution in [1.82, 2.24) is 5.32 Å². The van der Waals surface area contributed by atoms with Gasteiger partial charge < -0.3 is 20.1 Å². The van der Waals surface area contributed by atoms with Gasteiger partial charge in [-0.3, -0.25) is 14.4 Å². The van der Waals surface area contributed by atoms with Gasteiger partial charge in [0.15, 0.2) is 0 Å². The van der Waals surface area contributed by atoms with Crippen molar-refractivity contribution in [2.24, 2.45) is 5.92 Å². The lowest BCUT2D eigenvalue weighted by Crippen LogP contribution is -2.44. The topological polar surface area (TPSA) is 118 Å². The van der Waals surface area contributed by atoms with E-state index in [2.05, 4.69) is 10.6 Å². The number of rotatable bonds is 8. The summed E-state index contributed by atoms with van der Waals surface area (Å²) in [6.07, 6.45) is -4.68. The molecule has 0 radical (unpaired) electrons. The molecule has 0 saturated carbocycles. The Labute approximate surface area is 225 Å². The summed E-state index contributed by atoms with van der Waals surface area (Å²) in [6, 6.07) is 11.0. The van der Waals surface area contributed by atoms with E-state index in [0.29, 0.717) is 17.9 Å². The van der Waals surface area contributed by atoms with Crippen LogP contribution in [0.4, 0.5) is 18.9 Å². The molecule has 0 saturated heterocycles. The second kappa shape index (κ2) is 12.2. The minimum Gasteiger partial charge on any atom is -0.492 e. The van der Waals surface area contributed by atoms with Crippen LogP contribution in [0.2, 0.25) is 5.02 Å². The van der Waals surface area contributed by atoms with E-state index in [-0.39, 0.29) is 15.6 Å². The summed E-state index contributed by atoms with van der Waals surface area (Å²) in [6.45, 7) is 2.11. The SMILES string of the molecule is CCOc1ccc([C@@H]2C(C#N)=C(SCC(=O)Nc3ccccc3C(F)(F)F)NC(=O)[C@H]2C(=O)OC)cc1Cl. The molecule has 0 aromatic heterocycles. The first-order valence-electron chi connectivity index (χ1n) is 11.1. The van der Waals surface area contributed by atoms with Gasteiger partial charge in [-0.05, 0) is 36.8 Å². The Bertz CT molecular complexity index is 1330. The number of nitrogens with zero attached hydrogens (tertiary/aromatic N) is 1. The Morgan fingerprint density at radius 1 is 1.24 bits per heavy atom. The number of hydrogen-bond acceptors (Lipinski definition) is 7. The van der Waals surface area contributed by atoms with Gasteiger partial charge in [-0.25, -0.2) is 0 Å². The number of allylic oxidation sites excluding steroid dienone is 1. The average Bonchev–Trinajstić information content (AvgIpc) is 2.87. The van der Waals surface area contributed by atoms with Gasteiger partial charge in [0.05, 0.1) is 52.4 Å². The van der Waals surface area contributed by atoms with Crippen LogP contribution in [0.5, 0.6) is 5.75 Å². The first-order chi connectivity index (χ1) is 18.0. The molecule has 2 N–H and O–H groups in total. The van der Waals surface area contributed by atoms with Crippen LogP contribution in [0, 0.1) is 17.2 Å². The molecule has 3 rings (SSSR count). The highest BCUT2D eigenvalue weighted by Crippen LogP contribution is 2.42. The van der Waals surface area contributed by atoms with E-state index < -0.39 is 52.8 Å². The number of amides is 2. The molecule has 0 unspecified atom stereocenters. The molecule has 38 heavy (non-hydrogen) atoms. The van der Waals surface area contributed by atoms with Crippen LogP contribution in [0.15, 0.2) is 53.1 Å². The zero-order valence-electron chi connectivity index (χ0n) is 20.0. The third-order valence-corrected chi connectivity index (χ3v) is 6.77. The van der Waals surface area contributed by atoms with E-state index in [1.54, 1.807) is 13.0 Å². The number of hydrogen-bond donors (Lipinski definition) is 2. The van der Waals surface area contributed by atoms with E-state index >= 15 is 0 Å². The molecule has 0 fully saturated rings. The van der Waals surface area contributed by atoms with Gasteiger partial charge in [-0.1, -0.05) is 41.6 Å². The van der Waals surface area contributed by atoms with Crippen LogP contribution in [-0.4, -0.2) is 37.3 Å². The van der Waals surface area contributed by atoms with E-state index in [0.717, 1.165) is 31.0 Å². The first-order valence-corrected chi connectivity index (χ1v) is 12.4. The van der Waals surface area contributed by atoms with E-state index in [1.807, 2.05) is 6.07 Å². The molecule has 2 aromatic rings. The summed E-state index contributed by atoms with van der Waals surface area (Å²) in [7, 11) is 1.10. The largest absolute Gasteiger partial charge is 0.492 e. The average molecular weight is 568 g/mol. The van der Waals surface area contributed by atoms with Gasteiger partial charge in [0.25, 0.3) is 0 Å². The lowest BCUT2D eigenvalue weighted by atomic mass is 9.78. The predicted molar refractivity (Wildman–Crippen MR) is 134 cm³/mol. The van der Waals surface area contributed by atoms with Crippen LogP contribution in [0.1, 0.15) is 24.0 Å². The lowest BCUT2D eigenvalue weighted by molar-refractivity contribution is -0.150. The monoisotopic (exact) mass is 567 g/mol. The molecule has 1 heterocycles. The molecule has 0 aliphatic carbocycles. The van der Waals surface area contributed by atoms with Crippen molar-refractivity contribution in [2.45, 2.75) is 19.0 Å². The number of carbonyl (C=O) groups excluding carboxylic acids is 3. The fraction of sp³-hybridized carbons (Fsp3) is 0.280. The maximum Gasteiger partial charge on any atom is 0.418 e. The number of carbonyl (C=O) groups is 3. The summed E-state index contributed by atoms with van der Waals surface area (Å²) in [5.41, 5.74) is -1.15. The number of anilines is 1. The highest BCUT2D eigenvalue weighted by atomic mass is 35.5. The van der Waals surface area contributed by atoms with Gasteiger partial charge in [0.2, 0.25) is 11.8 Å². The molecule has 0 spiro atoms. The van der Waals surface area contributed by atoms with E-state index in [1.165, 1.54) is 24.3 Å². The number of esters is 1. The summed E-state index contributed by atoms with van der Waals surface area (Å²) >= 11 is 7.03. The number of ether oxygens (including phenoxy) is 2.